The lowest BCUT2D eigenvalue weighted by Gasteiger charge is -2.18. The van der Waals surface area contributed by atoms with Crippen molar-refractivity contribution in [2.24, 2.45) is 0 Å². The Hall–Kier alpha value is -1.09. The van der Waals surface area contributed by atoms with Crippen LogP contribution in [0.3, 0.4) is 0 Å². The van der Waals surface area contributed by atoms with E-state index in [0.717, 1.165) is 19.4 Å². The van der Waals surface area contributed by atoms with Crippen LogP contribution in [-0.2, 0) is 6.42 Å². The van der Waals surface area contributed by atoms with Gasteiger partial charge < -0.3 is 5.32 Å². The van der Waals surface area contributed by atoms with Crippen LogP contribution in [-0.4, -0.2) is 11.5 Å². The molecular formula is C16H18Cl2N2. The zero-order valence-corrected chi connectivity index (χ0v) is 13.0. The molecule has 1 aromatic carbocycles. The van der Waals surface area contributed by atoms with Crippen molar-refractivity contribution in [3.05, 3.63) is 63.9 Å². The normalized spacial score (nSPS) is 12.3. The molecule has 4 heteroatoms. The van der Waals surface area contributed by atoms with E-state index in [-0.39, 0.29) is 0 Å². The molecule has 0 fully saturated rings. The number of nitrogens with one attached hydrogen (secondary N) is 1. The number of hydrogen-bond donors (Lipinski definition) is 1. The van der Waals surface area contributed by atoms with E-state index < -0.39 is 0 Å². The Kier molecular flexibility index (Phi) is 5.84. The highest BCUT2D eigenvalue weighted by Crippen LogP contribution is 2.26. The first-order chi connectivity index (χ1) is 9.70. The quantitative estimate of drug-likeness (QED) is 0.838. The van der Waals surface area contributed by atoms with E-state index in [1.54, 1.807) is 0 Å². The third-order valence-electron chi connectivity index (χ3n) is 3.31. The fourth-order valence-corrected chi connectivity index (χ4v) is 2.47. The van der Waals surface area contributed by atoms with Crippen molar-refractivity contribution in [1.29, 1.82) is 0 Å². The van der Waals surface area contributed by atoms with Gasteiger partial charge in [-0.1, -0.05) is 36.2 Å². The molecule has 1 heterocycles. The molecule has 0 aliphatic rings. The molecule has 0 radical (unpaired) electrons. The summed E-state index contributed by atoms with van der Waals surface area (Å²) in [5.41, 5.74) is 2.47. The second-order valence-electron chi connectivity index (χ2n) is 4.69. The van der Waals surface area contributed by atoms with Crippen molar-refractivity contribution in [3.63, 3.8) is 0 Å². The Morgan fingerprint density at radius 1 is 1.10 bits per heavy atom. The van der Waals surface area contributed by atoms with Crippen molar-refractivity contribution < 1.29 is 0 Å². The highest BCUT2D eigenvalue weighted by molar-refractivity contribution is 6.42. The molecule has 2 aromatic rings. The van der Waals surface area contributed by atoms with E-state index >= 15 is 0 Å². The molecule has 20 heavy (non-hydrogen) atoms. The highest BCUT2D eigenvalue weighted by Gasteiger charge is 2.10. The molecular weight excluding hydrogens is 291 g/mol. The lowest BCUT2D eigenvalue weighted by atomic mass is 10.0. The summed E-state index contributed by atoms with van der Waals surface area (Å²) in [7, 11) is 0. The highest BCUT2D eigenvalue weighted by atomic mass is 35.5. The van der Waals surface area contributed by atoms with Crippen molar-refractivity contribution in [2.75, 3.05) is 6.54 Å². The summed E-state index contributed by atoms with van der Waals surface area (Å²) in [5, 5.41) is 4.77. The van der Waals surface area contributed by atoms with E-state index in [4.69, 9.17) is 23.2 Å². The first kappa shape index (κ1) is 15.3. The monoisotopic (exact) mass is 308 g/mol. The summed E-state index contributed by atoms with van der Waals surface area (Å²) < 4.78 is 0. The largest absolute Gasteiger partial charge is 0.310 e. The zero-order valence-electron chi connectivity index (χ0n) is 11.4. The fraction of sp³-hybridized carbons (Fsp3) is 0.312. The Morgan fingerprint density at radius 2 is 1.85 bits per heavy atom. The summed E-state index contributed by atoms with van der Waals surface area (Å²) in [6.45, 7) is 3.08. The molecule has 0 saturated heterocycles. The van der Waals surface area contributed by atoms with Gasteiger partial charge in [-0.2, -0.15) is 0 Å². The smallest absolute Gasteiger partial charge is 0.0595 e. The second kappa shape index (κ2) is 7.63. The van der Waals surface area contributed by atoms with Crippen LogP contribution in [0, 0.1) is 0 Å². The van der Waals surface area contributed by atoms with Crippen LogP contribution in [0.4, 0.5) is 0 Å². The number of aromatic nitrogens is 1. The van der Waals surface area contributed by atoms with Gasteiger partial charge in [0.15, 0.2) is 0 Å². The average molecular weight is 309 g/mol. The number of nitrogens with zero attached hydrogens (tertiary/aromatic N) is 1. The van der Waals surface area contributed by atoms with Crippen LogP contribution in [0.25, 0.3) is 0 Å². The number of pyridine rings is 1. The number of benzene rings is 1. The Morgan fingerprint density at radius 3 is 2.50 bits per heavy atom. The third kappa shape index (κ3) is 4.20. The van der Waals surface area contributed by atoms with Gasteiger partial charge in [0.25, 0.3) is 0 Å². The van der Waals surface area contributed by atoms with Gasteiger partial charge in [0.2, 0.25) is 0 Å². The second-order valence-corrected chi connectivity index (χ2v) is 5.51. The summed E-state index contributed by atoms with van der Waals surface area (Å²) in [6, 6.07) is 10.2. The fourth-order valence-electron chi connectivity index (χ4n) is 2.17. The maximum atomic E-state index is 6.08. The number of rotatable bonds is 6. The molecule has 0 bridgehead atoms. The Labute approximate surface area is 130 Å². The summed E-state index contributed by atoms with van der Waals surface area (Å²) >= 11 is 12.0. The van der Waals surface area contributed by atoms with E-state index in [0.29, 0.717) is 16.1 Å². The van der Waals surface area contributed by atoms with Crippen LogP contribution in [0.5, 0.6) is 0 Å². The van der Waals surface area contributed by atoms with Gasteiger partial charge in [-0.3, -0.25) is 4.98 Å². The van der Waals surface area contributed by atoms with Gasteiger partial charge in [-0.15, -0.1) is 0 Å². The van der Waals surface area contributed by atoms with Crippen LogP contribution in [0.15, 0.2) is 42.7 Å². The molecule has 106 valence electrons. The van der Waals surface area contributed by atoms with Crippen LogP contribution >= 0.6 is 23.2 Å². The molecule has 1 N–H and O–H groups in total. The SMILES string of the molecule is CCC(NCCc1ccncc1)c1ccc(Cl)c(Cl)c1. The minimum absolute atomic E-state index is 0.298. The molecule has 0 spiro atoms. The lowest BCUT2D eigenvalue weighted by molar-refractivity contribution is 0.522. The minimum atomic E-state index is 0.298. The van der Waals surface area contributed by atoms with Gasteiger partial charge >= 0.3 is 0 Å². The molecule has 1 atom stereocenters. The maximum Gasteiger partial charge on any atom is 0.0595 e. The maximum absolute atomic E-state index is 6.08. The van der Waals surface area contributed by atoms with Gasteiger partial charge in [0, 0.05) is 18.4 Å². The van der Waals surface area contributed by atoms with Crippen molar-refractivity contribution >= 4 is 23.2 Å². The number of halogens is 2. The lowest BCUT2D eigenvalue weighted by Crippen LogP contribution is -2.23. The van der Waals surface area contributed by atoms with E-state index in [1.165, 1.54) is 11.1 Å². The predicted molar refractivity (Wildman–Crippen MR) is 85.4 cm³/mol. The zero-order chi connectivity index (χ0) is 14.4. The van der Waals surface area contributed by atoms with Gasteiger partial charge in [-0.25, -0.2) is 0 Å². The van der Waals surface area contributed by atoms with E-state index in [1.807, 2.05) is 42.7 Å². The minimum Gasteiger partial charge on any atom is -0.310 e. The van der Waals surface area contributed by atoms with Crippen molar-refractivity contribution in [2.45, 2.75) is 25.8 Å². The average Bonchev–Trinajstić information content (AvgIpc) is 2.48. The van der Waals surface area contributed by atoms with Crippen molar-refractivity contribution in [3.8, 4) is 0 Å². The summed E-state index contributed by atoms with van der Waals surface area (Å²) in [4.78, 5) is 4.02. The van der Waals surface area contributed by atoms with Crippen molar-refractivity contribution in [1.82, 2.24) is 10.3 Å². The van der Waals surface area contributed by atoms with Gasteiger partial charge in [0.05, 0.1) is 10.0 Å². The van der Waals surface area contributed by atoms with E-state index in [9.17, 15) is 0 Å². The summed E-state index contributed by atoms with van der Waals surface area (Å²) in [6.07, 6.45) is 5.64. The molecule has 0 aliphatic carbocycles. The van der Waals surface area contributed by atoms with Crippen LogP contribution in [0.1, 0.15) is 30.5 Å². The molecule has 2 nitrogen and oxygen atoms in total. The summed E-state index contributed by atoms with van der Waals surface area (Å²) in [5.74, 6) is 0. The third-order valence-corrected chi connectivity index (χ3v) is 4.05. The first-order valence-corrected chi connectivity index (χ1v) is 7.53. The van der Waals surface area contributed by atoms with E-state index in [2.05, 4.69) is 17.2 Å². The first-order valence-electron chi connectivity index (χ1n) is 6.78. The van der Waals surface area contributed by atoms with Gasteiger partial charge in [0.1, 0.15) is 0 Å². The molecule has 0 aliphatic heterocycles. The molecule has 1 unspecified atom stereocenters. The van der Waals surface area contributed by atoms with Gasteiger partial charge in [-0.05, 0) is 54.8 Å². The Bertz CT molecular complexity index is 543. The molecule has 1 aromatic heterocycles. The number of hydrogen-bond acceptors (Lipinski definition) is 2. The molecule has 0 amide bonds. The molecule has 0 saturated carbocycles. The van der Waals surface area contributed by atoms with Crippen LogP contribution < -0.4 is 5.32 Å². The Balaban J connectivity index is 1.93. The van der Waals surface area contributed by atoms with Crippen LogP contribution in [0.2, 0.25) is 10.0 Å². The predicted octanol–water partition coefficient (Wildman–Crippen LogP) is 4.67. The molecule has 2 rings (SSSR count). The topological polar surface area (TPSA) is 24.9 Å². The standard InChI is InChI=1S/C16H18Cl2N2/c1-2-16(13-3-4-14(17)15(18)11-13)20-10-7-12-5-8-19-9-6-12/h3-6,8-9,11,16,20H,2,7,10H2,1H3.